The molecule has 0 radical (unpaired) electrons. The van der Waals surface area contributed by atoms with E-state index in [2.05, 4.69) is 10.3 Å². The van der Waals surface area contributed by atoms with Crippen LogP contribution in [-0.2, 0) is 4.79 Å². The minimum Gasteiger partial charge on any atom is -0.476 e. The van der Waals surface area contributed by atoms with Gasteiger partial charge in [-0.2, -0.15) is 0 Å². The highest BCUT2D eigenvalue weighted by molar-refractivity contribution is 7.11. The number of aromatic carboxylic acids is 1. The largest absolute Gasteiger partial charge is 0.476 e. The lowest BCUT2D eigenvalue weighted by atomic mass is 10.4. The molecule has 1 heterocycles. The van der Waals surface area contributed by atoms with Crippen LogP contribution in [0.5, 0.6) is 0 Å². The highest BCUT2D eigenvalue weighted by atomic mass is 32.1. The molecule has 0 spiro atoms. The van der Waals surface area contributed by atoms with E-state index < -0.39 is 11.9 Å². The molecule has 0 saturated heterocycles. The zero-order valence-corrected chi connectivity index (χ0v) is 11.1. The van der Waals surface area contributed by atoms with Crippen molar-refractivity contribution in [1.29, 1.82) is 0 Å². The molecule has 1 aliphatic carbocycles. The number of carboxylic acids is 1. The maximum Gasteiger partial charge on any atom is 0.355 e. The molecule has 1 aromatic rings. The molecule has 1 saturated carbocycles. The molecule has 1 fully saturated rings. The first-order chi connectivity index (χ1) is 8.97. The zero-order valence-electron chi connectivity index (χ0n) is 10.3. The van der Waals surface area contributed by atoms with Crippen LogP contribution in [0.4, 0.5) is 0 Å². The summed E-state index contributed by atoms with van der Waals surface area (Å²) in [6, 6.07) is 0.245. The predicted molar refractivity (Wildman–Crippen MR) is 67.2 cm³/mol. The fraction of sp³-hybridized carbons (Fsp3) is 0.455. The van der Waals surface area contributed by atoms with Gasteiger partial charge in [0.2, 0.25) is 5.91 Å². The van der Waals surface area contributed by atoms with Gasteiger partial charge in [-0.1, -0.05) is 0 Å². The number of amides is 2. The van der Waals surface area contributed by atoms with Crippen molar-refractivity contribution >= 4 is 29.1 Å². The normalized spacial score (nSPS) is 13.9. The SMILES string of the molecule is CN(CC(=O)NC1CC1)C(=O)c1nc(C(=O)O)cs1. The average molecular weight is 283 g/mol. The molecular formula is C11H13N3O4S. The summed E-state index contributed by atoms with van der Waals surface area (Å²) in [6.07, 6.45) is 1.97. The van der Waals surface area contributed by atoms with Crippen molar-refractivity contribution in [1.82, 2.24) is 15.2 Å². The molecule has 0 atom stereocenters. The Bertz CT molecular complexity index is 524. The summed E-state index contributed by atoms with van der Waals surface area (Å²) in [6.45, 7) is -0.0582. The second kappa shape index (κ2) is 5.35. The third kappa shape index (κ3) is 3.50. The Kier molecular flexibility index (Phi) is 3.79. The lowest BCUT2D eigenvalue weighted by molar-refractivity contribution is -0.121. The molecule has 7 nitrogen and oxygen atoms in total. The first-order valence-electron chi connectivity index (χ1n) is 5.71. The highest BCUT2D eigenvalue weighted by Crippen LogP contribution is 2.18. The Morgan fingerprint density at radius 2 is 2.21 bits per heavy atom. The van der Waals surface area contributed by atoms with Gasteiger partial charge in [0, 0.05) is 18.5 Å². The summed E-state index contributed by atoms with van der Waals surface area (Å²) in [4.78, 5) is 39.1. The summed E-state index contributed by atoms with van der Waals surface area (Å²) < 4.78 is 0. The van der Waals surface area contributed by atoms with Crippen molar-refractivity contribution in [2.24, 2.45) is 0 Å². The third-order valence-corrected chi connectivity index (χ3v) is 3.41. The molecule has 0 unspecified atom stereocenters. The van der Waals surface area contributed by atoms with Crippen LogP contribution in [0, 0.1) is 0 Å². The third-order valence-electron chi connectivity index (χ3n) is 2.58. The van der Waals surface area contributed by atoms with Crippen LogP contribution in [0.1, 0.15) is 33.1 Å². The summed E-state index contributed by atoms with van der Waals surface area (Å²) >= 11 is 0.953. The summed E-state index contributed by atoms with van der Waals surface area (Å²) in [5, 5.41) is 12.9. The van der Waals surface area contributed by atoms with Gasteiger partial charge in [-0.05, 0) is 12.8 Å². The molecule has 2 N–H and O–H groups in total. The number of carbonyl (C=O) groups excluding carboxylic acids is 2. The van der Waals surface area contributed by atoms with Crippen molar-refractivity contribution in [3.05, 3.63) is 16.1 Å². The fourth-order valence-corrected chi connectivity index (χ4v) is 2.21. The van der Waals surface area contributed by atoms with E-state index in [9.17, 15) is 14.4 Å². The van der Waals surface area contributed by atoms with E-state index in [0.29, 0.717) is 0 Å². The number of likely N-dealkylation sites (N-methyl/N-ethyl adjacent to an activating group) is 1. The van der Waals surface area contributed by atoms with Crippen molar-refractivity contribution < 1.29 is 19.5 Å². The van der Waals surface area contributed by atoms with Gasteiger partial charge in [0.05, 0.1) is 6.54 Å². The van der Waals surface area contributed by atoms with Crippen LogP contribution in [0.25, 0.3) is 0 Å². The molecular weight excluding hydrogens is 270 g/mol. The van der Waals surface area contributed by atoms with Gasteiger partial charge in [0.15, 0.2) is 10.7 Å². The quantitative estimate of drug-likeness (QED) is 0.803. The Hall–Kier alpha value is -1.96. The number of carbonyl (C=O) groups is 3. The van der Waals surface area contributed by atoms with Gasteiger partial charge < -0.3 is 15.3 Å². The van der Waals surface area contributed by atoms with E-state index in [1.165, 1.54) is 17.3 Å². The van der Waals surface area contributed by atoms with Crippen LogP contribution in [0.15, 0.2) is 5.38 Å². The van der Waals surface area contributed by atoms with Crippen LogP contribution in [0.2, 0.25) is 0 Å². The van der Waals surface area contributed by atoms with Gasteiger partial charge in [0.25, 0.3) is 5.91 Å². The molecule has 0 bridgehead atoms. The first kappa shape index (κ1) is 13.5. The van der Waals surface area contributed by atoms with Gasteiger partial charge in [-0.15, -0.1) is 11.3 Å². The molecule has 0 aliphatic heterocycles. The molecule has 1 aromatic heterocycles. The van der Waals surface area contributed by atoms with Gasteiger partial charge in [-0.25, -0.2) is 9.78 Å². The predicted octanol–water partition coefficient (Wildman–Crippen LogP) is 0.192. The topological polar surface area (TPSA) is 99.6 Å². The lowest BCUT2D eigenvalue weighted by Crippen LogP contribution is -2.39. The average Bonchev–Trinajstić information content (AvgIpc) is 3.00. The van der Waals surface area contributed by atoms with E-state index in [-0.39, 0.29) is 29.2 Å². The van der Waals surface area contributed by atoms with Gasteiger partial charge >= 0.3 is 5.97 Å². The van der Waals surface area contributed by atoms with E-state index in [1.54, 1.807) is 0 Å². The second-order valence-electron chi connectivity index (χ2n) is 4.35. The Labute approximate surface area is 113 Å². The summed E-state index contributed by atoms with van der Waals surface area (Å²) in [7, 11) is 1.48. The number of nitrogens with one attached hydrogen (secondary N) is 1. The highest BCUT2D eigenvalue weighted by Gasteiger charge is 2.25. The number of hydrogen-bond acceptors (Lipinski definition) is 5. The number of nitrogens with zero attached hydrogens (tertiary/aromatic N) is 2. The maximum absolute atomic E-state index is 11.9. The van der Waals surface area contributed by atoms with E-state index >= 15 is 0 Å². The van der Waals surface area contributed by atoms with E-state index in [4.69, 9.17) is 5.11 Å². The van der Waals surface area contributed by atoms with Crippen LogP contribution in [-0.4, -0.2) is 52.4 Å². The Morgan fingerprint density at radius 3 is 2.74 bits per heavy atom. The molecule has 8 heteroatoms. The minimum absolute atomic E-state index is 0.0582. The van der Waals surface area contributed by atoms with Crippen molar-refractivity contribution in [2.45, 2.75) is 18.9 Å². The maximum atomic E-state index is 11.9. The molecule has 0 aromatic carbocycles. The molecule has 19 heavy (non-hydrogen) atoms. The van der Waals surface area contributed by atoms with E-state index in [1.807, 2.05) is 0 Å². The number of rotatable bonds is 5. The van der Waals surface area contributed by atoms with Crippen molar-refractivity contribution in [3.8, 4) is 0 Å². The first-order valence-corrected chi connectivity index (χ1v) is 6.59. The smallest absolute Gasteiger partial charge is 0.355 e. The summed E-state index contributed by atoms with van der Waals surface area (Å²) in [5.74, 6) is -1.85. The minimum atomic E-state index is -1.18. The van der Waals surface area contributed by atoms with E-state index in [0.717, 1.165) is 24.2 Å². The number of hydrogen-bond donors (Lipinski definition) is 2. The molecule has 1 aliphatic rings. The van der Waals surface area contributed by atoms with Crippen molar-refractivity contribution in [3.63, 3.8) is 0 Å². The van der Waals surface area contributed by atoms with Crippen LogP contribution >= 0.6 is 11.3 Å². The molecule has 102 valence electrons. The lowest BCUT2D eigenvalue weighted by Gasteiger charge is -2.14. The van der Waals surface area contributed by atoms with Gasteiger partial charge in [-0.3, -0.25) is 9.59 Å². The summed E-state index contributed by atoms with van der Waals surface area (Å²) in [5.41, 5.74) is -0.163. The van der Waals surface area contributed by atoms with Crippen LogP contribution in [0.3, 0.4) is 0 Å². The van der Waals surface area contributed by atoms with Gasteiger partial charge in [0.1, 0.15) is 0 Å². The van der Waals surface area contributed by atoms with Crippen molar-refractivity contribution in [2.75, 3.05) is 13.6 Å². The zero-order chi connectivity index (χ0) is 14.0. The standard InChI is InChI=1S/C11H13N3O4S/c1-14(4-8(15)12-6-2-3-6)10(16)9-13-7(5-19-9)11(17)18/h5-6H,2-4H2,1H3,(H,12,15)(H,17,18). The molecule has 2 amide bonds. The number of thiazole rings is 1. The Morgan fingerprint density at radius 1 is 1.53 bits per heavy atom. The van der Waals surface area contributed by atoms with Crippen LogP contribution < -0.4 is 5.32 Å². The number of carboxylic acid groups (broad SMARTS) is 1. The fourth-order valence-electron chi connectivity index (χ4n) is 1.42. The second-order valence-corrected chi connectivity index (χ2v) is 5.20. The number of aromatic nitrogens is 1. The monoisotopic (exact) mass is 283 g/mol. The Balaban J connectivity index is 1.93. The molecule has 2 rings (SSSR count).